The molecule has 0 bridgehead atoms. The van der Waals surface area contributed by atoms with E-state index in [1.54, 1.807) is 40.5 Å². The summed E-state index contributed by atoms with van der Waals surface area (Å²) in [5.74, 6) is 1.98. The SMILES string of the molecule is COCC1CC(O)CN1C(=O)CCCSSCCC(=O)NCCCCCC(C)=O. The van der Waals surface area contributed by atoms with E-state index in [0.717, 1.165) is 37.2 Å². The maximum atomic E-state index is 12.3. The van der Waals surface area contributed by atoms with E-state index in [-0.39, 0.29) is 23.6 Å². The maximum Gasteiger partial charge on any atom is 0.223 e. The van der Waals surface area contributed by atoms with Crippen molar-refractivity contribution in [1.29, 1.82) is 0 Å². The first kappa shape index (κ1) is 26.3. The van der Waals surface area contributed by atoms with Crippen molar-refractivity contribution in [3.05, 3.63) is 0 Å². The molecule has 0 spiro atoms. The number of ether oxygens (including phenoxy) is 1. The van der Waals surface area contributed by atoms with Crippen LogP contribution >= 0.6 is 21.6 Å². The molecule has 1 aliphatic rings. The van der Waals surface area contributed by atoms with Gasteiger partial charge in [-0.05, 0) is 32.6 Å². The molecular weight excluding hydrogens is 412 g/mol. The van der Waals surface area contributed by atoms with Crippen LogP contribution in [0, 0.1) is 0 Å². The summed E-state index contributed by atoms with van der Waals surface area (Å²) in [4.78, 5) is 36.7. The summed E-state index contributed by atoms with van der Waals surface area (Å²) in [5, 5.41) is 12.7. The molecule has 1 fully saturated rings. The van der Waals surface area contributed by atoms with Crippen LogP contribution in [-0.4, -0.2) is 78.1 Å². The van der Waals surface area contributed by atoms with Crippen molar-refractivity contribution in [2.24, 2.45) is 0 Å². The lowest BCUT2D eigenvalue weighted by molar-refractivity contribution is -0.133. The van der Waals surface area contributed by atoms with Crippen LogP contribution in [0.4, 0.5) is 0 Å². The fraction of sp³-hybridized carbons (Fsp3) is 0.850. The summed E-state index contributed by atoms with van der Waals surface area (Å²) in [6.07, 6.45) is 5.29. The van der Waals surface area contributed by atoms with Crippen molar-refractivity contribution in [2.75, 3.05) is 38.3 Å². The third-order valence-corrected chi connectivity index (χ3v) is 7.21. The molecule has 1 heterocycles. The van der Waals surface area contributed by atoms with E-state index < -0.39 is 6.10 Å². The molecule has 168 valence electrons. The van der Waals surface area contributed by atoms with Crippen LogP contribution in [0.2, 0.25) is 0 Å². The first-order valence-electron chi connectivity index (χ1n) is 10.4. The Balaban J connectivity index is 1.96. The lowest BCUT2D eigenvalue weighted by Gasteiger charge is -2.23. The number of nitrogens with zero attached hydrogens (tertiary/aromatic N) is 1. The minimum Gasteiger partial charge on any atom is -0.391 e. The largest absolute Gasteiger partial charge is 0.391 e. The van der Waals surface area contributed by atoms with Crippen LogP contribution in [0.1, 0.15) is 58.3 Å². The Kier molecular flexibility index (Phi) is 14.5. The van der Waals surface area contributed by atoms with Crippen molar-refractivity contribution in [3.63, 3.8) is 0 Å². The molecule has 1 aliphatic heterocycles. The Hall–Kier alpha value is -0.770. The molecule has 2 amide bonds. The molecule has 9 heteroatoms. The van der Waals surface area contributed by atoms with E-state index in [9.17, 15) is 19.5 Å². The zero-order valence-electron chi connectivity index (χ0n) is 17.7. The average molecular weight is 449 g/mol. The number of carbonyl (C=O) groups excluding carboxylic acids is 3. The summed E-state index contributed by atoms with van der Waals surface area (Å²) < 4.78 is 5.14. The lowest BCUT2D eigenvalue weighted by Crippen LogP contribution is -2.38. The summed E-state index contributed by atoms with van der Waals surface area (Å²) in [6.45, 7) is 3.15. The predicted octanol–water partition coefficient (Wildman–Crippen LogP) is 2.41. The fourth-order valence-electron chi connectivity index (χ4n) is 3.22. The number of rotatable bonds is 16. The molecule has 2 unspecified atom stereocenters. The number of ketones is 1. The van der Waals surface area contributed by atoms with Gasteiger partial charge in [0.15, 0.2) is 0 Å². The van der Waals surface area contributed by atoms with Gasteiger partial charge in [0.2, 0.25) is 11.8 Å². The Labute approximate surface area is 182 Å². The zero-order valence-corrected chi connectivity index (χ0v) is 19.3. The van der Waals surface area contributed by atoms with Crippen LogP contribution in [-0.2, 0) is 19.1 Å². The quantitative estimate of drug-likeness (QED) is 0.276. The van der Waals surface area contributed by atoms with Crippen LogP contribution in [0.25, 0.3) is 0 Å². The van der Waals surface area contributed by atoms with Crippen molar-refractivity contribution < 1.29 is 24.2 Å². The van der Waals surface area contributed by atoms with Gasteiger partial charge in [0, 0.05) is 51.0 Å². The Bertz CT molecular complexity index is 507. The monoisotopic (exact) mass is 448 g/mol. The van der Waals surface area contributed by atoms with Gasteiger partial charge in [-0.25, -0.2) is 0 Å². The fourth-order valence-corrected chi connectivity index (χ4v) is 5.30. The number of unbranched alkanes of at least 4 members (excludes halogenated alkanes) is 2. The number of hydrogen-bond acceptors (Lipinski definition) is 7. The molecule has 0 radical (unpaired) electrons. The topological polar surface area (TPSA) is 95.9 Å². The number of nitrogens with one attached hydrogen (secondary N) is 1. The van der Waals surface area contributed by atoms with Gasteiger partial charge in [-0.2, -0.15) is 0 Å². The van der Waals surface area contributed by atoms with Crippen LogP contribution < -0.4 is 5.32 Å². The third-order valence-electron chi connectivity index (χ3n) is 4.71. The highest BCUT2D eigenvalue weighted by molar-refractivity contribution is 8.76. The summed E-state index contributed by atoms with van der Waals surface area (Å²) >= 11 is 0. The molecule has 2 atom stereocenters. The van der Waals surface area contributed by atoms with Crippen molar-refractivity contribution in [1.82, 2.24) is 10.2 Å². The van der Waals surface area contributed by atoms with E-state index in [1.165, 1.54) is 0 Å². The minimum absolute atomic E-state index is 0.0165. The number of β-amino-alcohol motifs (C(OH)–C–C–N with tert-alkyl or cyclic N) is 1. The van der Waals surface area contributed by atoms with E-state index in [2.05, 4.69) is 5.32 Å². The normalized spacial score (nSPS) is 18.8. The Morgan fingerprint density at radius 1 is 1.07 bits per heavy atom. The summed E-state index contributed by atoms with van der Waals surface area (Å²) in [6, 6.07) is -0.0165. The number of amides is 2. The second-order valence-corrected chi connectivity index (χ2v) is 10.1. The molecule has 1 saturated heterocycles. The molecule has 0 saturated carbocycles. The number of hydrogen-bond donors (Lipinski definition) is 2. The highest BCUT2D eigenvalue weighted by Gasteiger charge is 2.33. The van der Waals surface area contributed by atoms with Crippen molar-refractivity contribution in [2.45, 2.75) is 70.4 Å². The number of likely N-dealkylation sites (tertiary alicyclic amines) is 1. The number of Topliss-reactive ketones (excluding diaryl/α,β-unsaturated/α-hetero) is 1. The zero-order chi connectivity index (χ0) is 21.5. The highest BCUT2D eigenvalue weighted by Crippen LogP contribution is 2.24. The Morgan fingerprint density at radius 2 is 1.83 bits per heavy atom. The number of aliphatic hydroxyl groups excluding tert-OH is 1. The maximum absolute atomic E-state index is 12.3. The van der Waals surface area contributed by atoms with Gasteiger partial charge >= 0.3 is 0 Å². The molecule has 2 N–H and O–H groups in total. The number of aliphatic hydroxyl groups is 1. The van der Waals surface area contributed by atoms with E-state index >= 15 is 0 Å². The van der Waals surface area contributed by atoms with E-state index in [4.69, 9.17) is 4.74 Å². The smallest absolute Gasteiger partial charge is 0.223 e. The van der Waals surface area contributed by atoms with Gasteiger partial charge in [0.25, 0.3) is 0 Å². The number of carbonyl (C=O) groups is 3. The molecule has 0 aliphatic carbocycles. The Morgan fingerprint density at radius 3 is 2.55 bits per heavy atom. The van der Waals surface area contributed by atoms with Gasteiger partial charge in [0.1, 0.15) is 5.78 Å². The third kappa shape index (κ3) is 12.5. The molecular formula is C20H36N2O5S2. The molecule has 0 aromatic rings. The minimum atomic E-state index is -0.448. The van der Waals surface area contributed by atoms with Crippen LogP contribution in [0.5, 0.6) is 0 Å². The van der Waals surface area contributed by atoms with Gasteiger partial charge in [-0.1, -0.05) is 28.0 Å². The van der Waals surface area contributed by atoms with Gasteiger partial charge in [0.05, 0.1) is 18.8 Å². The summed E-state index contributed by atoms with van der Waals surface area (Å²) in [5.41, 5.74) is 0. The predicted molar refractivity (Wildman–Crippen MR) is 119 cm³/mol. The first-order chi connectivity index (χ1) is 13.9. The standard InChI is InChI=1S/C20H36N2O5S2/c1-16(23)7-4-3-5-10-21-19(25)9-12-29-28-11-6-8-20(26)22-14-18(24)13-17(22)15-27-2/h17-18,24H,3-15H2,1-2H3,(H,21,25). The summed E-state index contributed by atoms with van der Waals surface area (Å²) in [7, 11) is 4.96. The highest BCUT2D eigenvalue weighted by atomic mass is 33.1. The van der Waals surface area contributed by atoms with Crippen molar-refractivity contribution in [3.8, 4) is 0 Å². The van der Waals surface area contributed by atoms with Gasteiger partial charge in [-0.15, -0.1) is 0 Å². The molecule has 1 rings (SSSR count). The van der Waals surface area contributed by atoms with Gasteiger partial charge < -0.3 is 24.9 Å². The molecule has 7 nitrogen and oxygen atoms in total. The second-order valence-electron chi connectivity index (χ2n) is 7.40. The van der Waals surface area contributed by atoms with Crippen LogP contribution in [0.3, 0.4) is 0 Å². The second kappa shape index (κ2) is 16.0. The lowest BCUT2D eigenvalue weighted by atomic mass is 10.1. The van der Waals surface area contributed by atoms with Gasteiger partial charge in [-0.3, -0.25) is 9.59 Å². The average Bonchev–Trinajstić information content (AvgIpc) is 3.04. The van der Waals surface area contributed by atoms with Crippen LogP contribution in [0.15, 0.2) is 0 Å². The molecule has 29 heavy (non-hydrogen) atoms. The van der Waals surface area contributed by atoms with E-state index in [1.807, 2.05) is 0 Å². The van der Waals surface area contributed by atoms with E-state index in [0.29, 0.717) is 45.4 Å². The molecule has 0 aromatic carbocycles. The number of methoxy groups -OCH3 is 1. The van der Waals surface area contributed by atoms with Crippen molar-refractivity contribution >= 4 is 39.2 Å². The first-order valence-corrected chi connectivity index (χ1v) is 12.9. The molecule has 0 aromatic heterocycles.